The molecule has 2 heterocycles. The van der Waals surface area contributed by atoms with Crippen molar-refractivity contribution in [3.63, 3.8) is 0 Å². The highest BCUT2D eigenvalue weighted by molar-refractivity contribution is 6.34. The number of nitrogens with zero attached hydrogens (tertiary/aromatic N) is 4. The van der Waals surface area contributed by atoms with Gasteiger partial charge >= 0.3 is 0 Å². The molecule has 0 aliphatic rings. The number of halogens is 2. The summed E-state index contributed by atoms with van der Waals surface area (Å²) in [6.45, 7) is 0.450. The van der Waals surface area contributed by atoms with Gasteiger partial charge in [-0.25, -0.2) is 9.97 Å². The molecular weight excluding hydrogens is 247 g/mol. The Balaban J connectivity index is 2.31. The van der Waals surface area contributed by atoms with E-state index in [0.717, 1.165) is 5.56 Å². The fourth-order valence-electron chi connectivity index (χ4n) is 1.29. The molecule has 0 atom stereocenters. The van der Waals surface area contributed by atoms with Crippen LogP contribution in [-0.4, -0.2) is 14.5 Å². The van der Waals surface area contributed by atoms with Gasteiger partial charge in [0.2, 0.25) is 5.82 Å². The summed E-state index contributed by atoms with van der Waals surface area (Å²) in [7, 11) is 0. The van der Waals surface area contributed by atoms with Crippen molar-refractivity contribution in [2.75, 3.05) is 0 Å². The van der Waals surface area contributed by atoms with Gasteiger partial charge in [-0.15, -0.1) is 0 Å². The fourth-order valence-corrected chi connectivity index (χ4v) is 1.71. The van der Waals surface area contributed by atoms with Gasteiger partial charge in [0.05, 0.1) is 11.6 Å². The second kappa shape index (κ2) is 4.52. The lowest BCUT2D eigenvalue weighted by Crippen LogP contribution is -2.02. The van der Waals surface area contributed by atoms with Crippen molar-refractivity contribution >= 4 is 23.2 Å². The minimum Gasteiger partial charge on any atom is -0.318 e. The SMILES string of the molecule is N#Cc1nccn1Cc1cnc(Cl)cc1Cl. The average molecular weight is 253 g/mol. The first-order chi connectivity index (χ1) is 7.70. The maximum Gasteiger partial charge on any atom is 0.213 e. The minimum atomic E-state index is 0.339. The van der Waals surface area contributed by atoms with E-state index in [9.17, 15) is 0 Å². The van der Waals surface area contributed by atoms with Crippen LogP contribution in [0.3, 0.4) is 0 Å². The number of nitriles is 1. The summed E-state index contributed by atoms with van der Waals surface area (Å²) < 4.78 is 1.69. The Labute approximate surface area is 102 Å². The van der Waals surface area contributed by atoms with Gasteiger partial charge in [-0.05, 0) is 6.07 Å². The molecule has 0 aliphatic carbocycles. The Morgan fingerprint density at radius 1 is 1.38 bits per heavy atom. The van der Waals surface area contributed by atoms with Gasteiger partial charge in [-0.3, -0.25) is 0 Å². The monoisotopic (exact) mass is 252 g/mol. The van der Waals surface area contributed by atoms with Crippen LogP contribution in [0.25, 0.3) is 0 Å². The predicted molar refractivity (Wildman–Crippen MR) is 60.3 cm³/mol. The zero-order valence-corrected chi connectivity index (χ0v) is 9.57. The van der Waals surface area contributed by atoms with E-state index in [-0.39, 0.29) is 0 Å². The lowest BCUT2D eigenvalue weighted by atomic mass is 10.3. The zero-order chi connectivity index (χ0) is 11.5. The highest BCUT2D eigenvalue weighted by atomic mass is 35.5. The Kier molecular flexibility index (Phi) is 3.09. The maximum atomic E-state index is 8.80. The van der Waals surface area contributed by atoms with Crippen LogP contribution < -0.4 is 0 Å². The van der Waals surface area contributed by atoms with Gasteiger partial charge in [0.25, 0.3) is 0 Å². The Bertz CT molecular complexity index is 556. The third-order valence-corrected chi connectivity index (χ3v) is 2.61. The molecule has 2 aromatic rings. The first-order valence-corrected chi connectivity index (χ1v) is 5.17. The predicted octanol–water partition coefficient (Wildman–Crippen LogP) is 2.50. The summed E-state index contributed by atoms with van der Waals surface area (Å²) in [6, 6.07) is 3.56. The van der Waals surface area contributed by atoms with E-state index in [0.29, 0.717) is 22.5 Å². The van der Waals surface area contributed by atoms with Gasteiger partial charge in [0, 0.05) is 24.2 Å². The molecule has 0 bridgehead atoms. The van der Waals surface area contributed by atoms with E-state index < -0.39 is 0 Å². The van der Waals surface area contributed by atoms with E-state index in [4.69, 9.17) is 28.5 Å². The van der Waals surface area contributed by atoms with Crippen molar-refractivity contribution in [1.82, 2.24) is 14.5 Å². The van der Waals surface area contributed by atoms with E-state index in [1.54, 1.807) is 29.2 Å². The molecule has 2 aromatic heterocycles. The second-order valence-corrected chi connectivity index (χ2v) is 3.88. The van der Waals surface area contributed by atoms with Crippen molar-refractivity contribution in [3.8, 4) is 6.07 Å². The quantitative estimate of drug-likeness (QED) is 0.772. The Hall–Kier alpha value is -1.57. The normalized spacial score (nSPS) is 10.1. The van der Waals surface area contributed by atoms with E-state index in [1.165, 1.54) is 0 Å². The molecule has 0 amide bonds. The molecule has 6 heteroatoms. The van der Waals surface area contributed by atoms with Gasteiger partial charge in [0.15, 0.2) is 0 Å². The van der Waals surface area contributed by atoms with E-state index in [1.807, 2.05) is 6.07 Å². The summed E-state index contributed by atoms with van der Waals surface area (Å²) in [5.74, 6) is 0.339. The third-order valence-electron chi connectivity index (χ3n) is 2.05. The van der Waals surface area contributed by atoms with Crippen molar-refractivity contribution in [1.29, 1.82) is 5.26 Å². The van der Waals surface area contributed by atoms with Crippen LogP contribution in [0.1, 0.15) is 11.4 Å². The number of pyridine rings is 1. The Morgan fingerprint density at radius 2 is 2.19 bits per heavy atom. The molecule has 0 spiro atoms. The van der Waals surface area contributed by atoms with Gasteiger partial charge in [-0.2, -0.15) is 5.26 Å². The Morgan fingerprint density at radius 3 is 2.88 bits per heavy atom. The van der Waals surface area contributed by atoms with Crippen LogP contribution in [0.5, 0.6) is 0 Å². The van der Waals surface area contributed by atoms with Crippen molar-refractivity contribution in [2.24, 2.45) is 0 Å². The minimum absolute atomic E-state index is 0.339. The van der Waals surface area contributed by atoms with Gasteiger partial charge in [0.1, 0.15) is 11.2 Å². The van der Waals surface area contributed by atoms with Crippen LogP contribution in [-0.2, 0) is 6.54 Å². The standard InChI is InChI=1S/C10H6Cl2N4/c11-8-3-9(12)15-5-7(8)6-16-2-1-14-10(16)4-13/h1-3,5H,6H2. The smallest absolute Gasteiger partial charge is 0.213 e. The van der Waals surface area contributed by atoms with E-state index in [2.05, 4.69) is 9.97 Å². The third kappa shape index (κ3) is 2.16. The van der Waals surface area contributed by atoms with Crippen LogP contribution in [0.2, 0.25) is 10.2 Å². The van der Waals surface area contributed by atoms with Crippen molar-refractivity contribution < 1.29 is 0 Å². The second-order valence-electron chi connectivity index (χ2n) is 3.09. The molecule has 0 saturated carbocycles. The molecule has 0 unspecified atom stereocenters. The van der Waals surface area contributed by atoms with E-state index >= 15 is 0 Å². The summed E-state index contributed by atoms with van der Waals surface area (Å²) >= 11 is 11.7. The number of aromatic nitrogens is 3. The molecule has 16 heavy (non-hydrogen) atoms. The highest BCUT2D eigenvalue weighted by Crippen LogP contribution is 2.19. The molecule has 0 aliphatic heterocycles. The lowest BCUT2D eigenvalue weighted by molar-refractivity contribution is 0.779. The first-order valence-electron chi connectivity index (χ1n) is 4.42. The average Bonchev–Trinajstić information content (AvgIpc) is 2.69. The molecule has 4 nitrogen and oxygen atoms in total. The van der Waals surface area contributed by atoms with Crippen molar-refractivity contribution in [3.05, 3.63) is 46.2 Å². The maximum absolute atomic E-state index is 8.80. The van der Waals surface area contributed by atoms with Crippen LogP contribution in [0, 0.1) is 11.3 Å². The topological polar surface area (TPSA) is 54.5 Å². The number of imidazole rings is 1. The largest absolute Gasteiger partial charge is 0.318 e. The molecule has 80 valence electrons. The molecule has 2 rings (SSSR count). The molecule has 0 fully saturated rings. The number of hydrogen-bond donors (Lipinski definition) is 0. The van der Waals surface area contributed by atoms with Crippen LogP contribution in [0.15, 0.2) is 24.7 Å². The summed E-state index contributed by atoms with van der Waals surface area (Å²) in [5.41, 5.74) is 0.792. The number of rotatable bonds is 2. The van der Waals surface area contributed by atoms with Gasteiger partial charge in [-0.1, -0.05) is 23.2 Å². The molecule has 0 saturated heterocycles. The summed E-state index contributed by atoms with van der Waals surface area (Å²) in [4.78, 5) is 7.83. The van der Waals surface area contributed by atoms with Gasteiger partial charge < -0.3 is 4.57 Å². The summed E-state index contributed by atoms with van der Waals surface area (Å²) in [5, 5.41) is 9.67. The molecular formula is C10H6Cl2N4. The van der Waals surface area contributed by atoms with Crippen molar-refractivity contribution in [2.45, 2.75) is 6.54 Å². The molecule has 0 N–H and O–H groups in total. The fraction of sp³-hybridized carbons (Fsp3) is 0.100. The number of hydrogen-bond acceptors (Lipinski definition) is 3. The molecule has 0 aromatic carbocycles. The first kappa shape index (κ1) is 10.9. The van der Waals surface area contributed by atoms with Crippen LogP contribution >= 0.6 is 23.2 Å². The zero-order valence-electron chi connectivity index (χ0n) is 8.06. The summed E-state index contributed by atoms with van der Waals surface area (Å²) in [6.07, 6.45) is 4.87. The van der Waals surface area contributed by atoms with Crippen LogP contribution in [0.4, 0.5) is 0 Å². The molecule has 0 radical (unpaired) electrons. The lowest BCUT2D eigenvalue weighted by Gasteiger charge is -2.05. The highest BCUT2D eigenvalue weighted by Gasteiger charge is 2.06.